The third-order valence-corrected chi connectivity index (χ3v) is 4.37. The normalized spacial score (nSPS) is 11.5. The largest absolute Gasteiger partial charge is 0.482 e. The van der Waals surface area contributed by atoms with Crippen molar-refractivity contribution in [2.24, 2.45) is 0 Å². The molecule has 0 saturated heterocycles. The summed E-state index contributed by atoms with van der Waals surface area (Å²) in [5, 5.41) is 3.90. The van der Waals surface area contributed by atoms with E-state index in [4.69, 9.17) is 32.7 Å². The Labute approximate surface area is 162 Å². The van der Waals surface area contributed by atoms with Crippen LogP contribution in [0.5, 0.6) is 5.75 Å². The predicted octanol–water partition coefficient (Wildman–Crippen LogP) is 4.10. The van der Waals surface area contributed by atoms with E-state index in [0.717, 1.165) is 11.1 Å². The maximum atomic E-state index is 11.9. The van der Waals surface area contributed by atoms with E-state index in [1.54, 1.807) is 31.2 Å². The maximum absolute atomic E-state index is 11.9. The minimum atomic E-state index is -0.641. The van der Waals surface area contributed by atoms with E-state index in [0.29, 0.717) is 15.8 Å². The Bertz CT molecular complexity index is 795. The zero-order valence-corrected chi connectivity index (χ0v) is 15.9. The summed E-state index contributed by atoms with van der Waals surface area (Å²) in [6.45, 7) is 2.94. The summed E-state index contributed by atoms with van der Waals surface area (Å²) in [7, 11) is 0. The Balaban J connectivity index is 1.75. The van der Waals surface area contributed by atoms with Crippen LogP contribution in [0.15, 0.2) is 42.5 Å². The van der Waals surface area contributed by atoms with Crippen LogP contribution < -0.4 is 10.1 Å². The monoisotopic (exact) mass is 395 g/mol. The molecule has 0 spiro atoms. The van der Waals surface area contributed by atoms with Crippen molar-refractivity contribution in [1.82, 2.24) is 5.32 Å². The summed E-state index contributed by atoms with van der Waals surface area (Å²) in [5.41, 5.74) is 1.63. The highest BCUT2D eigenvalue weighted by atomic mass is 35.5. The highest BCUT2D eigenvalue weighted by molar-refractivity contribution is 6.31. The Morgan fingerprint density at radius 1 is 1.08 bits per heavy atom. The van der Waals surface area contributed by atoms with Gasteiger partial charge >= 0.3 is 5.97 Å². The molecule has 0 aliphatic carbocycles. The Morgan fingerprint density at radius 2 is 1.81 bits per heavy atom. The number of hydrogen-bond acceptors (Lipinski definition) is 4. The number of rotatable bonds is 7. The molecular weight excluding hydrogens is 377 g/mol. The molecule has 2 rings (SSSR count). The summed E-state index contributed by atoms with van der Waals surface area (Å²) in [6.07, 6.45) is 0. The van der Waals surface area contributed by atoms with Crippen LogP contribution >= 0.6 is 23.2 Å². The SMILES string of the molecule is Cc1cc(OCC(=O)OCC(=O)N[C@H](C)c2ccccc2Cl)ccc1Cl. The lowest BCUT2D eigenvalue weighted by molar-refractivity contribution is -0.150. The molecule has 0 saturated carbocycles. The van der Waals surface area contributed by atoms with Gasteiger partial charge in [0.15, 0.2) is 13.2 Å². The van der Waals surface area contributed by atoms with Crippen molar-refractivity contribution in [1.29, 1.82) is 0 Å². The standard InChI is InChI=1S/C19H19Cl2NO4/c1-12-9-14(7-8-16(12)20)25-11-19(24)26-10-18(23)22-13(2)15-5-3-4-6-17(15)21/h3-9,13H,10-11H2,1-2H3,(H,22,23)/t13-/m1/s1. The first kappa shape index (κ1) is 20.1. The molecule has 0 fully saturated rings. The number of ether oxygens (including phenoxy) is 2. The number of benzene rings is 2. The average molecular weight is 396 g/mol. The smallest absolute Gasteiger partial charge is 0.344 e. The lowest BCUT2D eigenvalue weighted by atomic mass is 10.1. The number of hydrogen-bond donors (Lipinski definition) is 1. The second kappa shape index (κ2) is 9.46. The van der Waals surface area contributed by atoms with Gasteiger partial charge in [-0.05, 0) is 49.2 Å². The van der Waals surface area contributed by atoms with E-state index in [-0.39, 0.29) is 12.6 Å². The van der Waals surface area contributed by atoms with Gasteiger partial charge in [0.2, 0.25) is 0 Å². The van der Waals surface area contributed by atoms with Gasteiger partial charge in [0, 0.05) is 10.0 Å². The van der Waals surface area contributed by atoms with Crippen molar-refractivity contribution in [3.63, 3.8) is 0 Å². The topological polar surface area (TPSA) is 64.6 Å². The van der Waals surface area contributed by atoms with Gasteiger partial charge in [0.25, 0.3) is 5.91 Å². The zero-order valence-electron chi connectivity index (χ0n) is 14.4. The van der Waals surface area contributed by atoms with Gasteiger partial charge in [0.05, 0.1) is 6.04 Å². The van der Waals surface area contributed by atoms with Crippen molar-refractivity contribution in [2.75, 3.05) is 13.2 Å². The van der Waals surface area contributed by atoms with E-state index >= 15 is 0 Å². The maximum Gasteiger partial charge on any atom is 0.344 e. The Kier molecular flexibility index (Phi) is 7.30. The van der Waals surface area contributed by atoms with Gasteiger partial charge in [-0.3, -0.25) is 4.79 Å². The second-order valence-corrected chi connectivity index (χ2v) is 6.49. The molecule has 0 heterocycles. The number of halogens is 2. The first-order valence-electron chi connectivity index (χ1n) is 7.95. The van der Waals surface area contributed by atoms with Crippen LogP contribution in [0.2, 0.25) is 10.0 Å². The van der Waals surface area contributed by atoms with Gasteiger partial charge < -0.3 is 14.8 Å². The molecular formula is C19H19Cl2NO4. The molecule has 1 N–H and O–H groups in total. The molecule has 0 radical (unpaired) electrons. The lowest BCUT2D eigenvalue weighted by Crippen LogP contribution is -2.32. The fraction of sp³-hybridized carbons (Fsp3) is 0.263. The number of esters is 1. The molecule has 138 valence electrons. The van der Waals surface area contributed by atoms with Crippen molar-refractivity contribution in [2.45, 2.75) is 19.9 Å². The minimum Gasteiger partial charge on any atom is -0.482 e. The number of nitrogens with one attached hydrogen (secondary N) is 1. The van der Waals surface area contributed by atoms with Crippen LogP contribution in [0.1, 0.15) is 24.1 Å². The summed E-state index contributed by atoms with van der Waals surface area (Å²) in [5.74, 6) is -0.563. The van der Waals surface area contributed by atoms with Gasteiger partial charge in [-0.25, -0.2) is 4.79 Å². The number of carbonyl (C=O) groups is 2. The second-order valence-electron chi connectivity index (χ2n) is 5.67. The summed E-state index contributed by atoms with van der Waals surface area (Å²) in [6, 6.07) is 12.0. The van der Waals surface area contributed by atoms with Crippen molar-refractivity contribution < 1.29 is 19.1 Å². The lowest BCUT2D eigenvalue weighted by Gasteiger charge is -2.15. The van der Waals surface area contributed by atoms with Crippen LogP contribution in [0.3, 0.4) is 0 Å². The number of amides is 1. The van der Waals surface area contributed by atoms with Gasteiger partial charge in [-0.2, -0.15) is 0 Å². The molecule has 5 nitrogen and oxygen atoms in total. The highest BCUT2D eigenvalue weighted by Gasteiger charge is 2.14. The quantitative estimate of drug-likeness (QED) is 0.716. The molecule has 7 heteroatoms. The highest BCUT2D eigenvalue weighted by Crippen LogP contribution is 2.22. The predicted molar refractivity (Wildman–Crippen MR) is 101 cm³/mol. The zero-order chi connectivity index (χ0) is 19.1. The molecule has 2 aromatic carbocycles. The summed E-state index contributed by atoms with van der Waals surface area (Å²) >= 11 is 12.0. The Morgan fingerprint density at radius 3 is 2.50 bits per heavy atom. The van der Waals surface area contributed by atoms with Crippen LogP contribution in [-0.4, -0.2) is 25.1 Å². The van der Waals surface area contributed by atoms with Crippen LogP contribution in [0.25, 0.3) is 0 Å². The van der Waals surface area contributed by atoms with Crippen molar-refractivity contribution in [3.05, 3.63) is 63.6 Å². The molecule has 26 heavy (non-hydrogen) atoms. The molecule has 0 aromatic heterocycles. The van der Waals surface area contributed by atoms with E-state index in [9.17, 15) is 9.59 Å². The third kappa shape index (κ3) is 5.93. The van der Waals surface area contributed by atoms with Crippen LogP contribution in [0, 0.1) is 6.92 Å². The molecule has 1 amide bonds. The van der Waals surface area contributed by atoms with Crippen molar-refractivity contribution >= 4 is 35.1 Å². The number of aryl methyl sites for hydroxylation is 1. The molecule has 0 aliphatic rings. The van der Waals surface area contributed by atoms with Gasteiger partial charge in [-0.1, -0.05) is 41.4 Å². The van der Waals surface area contributed by atoms with Gasteiger partial charge in [-0.15, -0.1) is 0 Å². The molecule has 1 atom stereocenters. The first-order chi connectivity index (χ1) is 12.4. The van der Waals surface area contributed by atoms with E-state index in [1.165, 1.54) is 0 Å². The average Bonchev–Trinajstić information content (AvgIpc) is 2.61. The molecule has 0 bridgehead atoms. The van der Waals surface area contributed by atoms with E-state index < -0.39 is 18.5 Å². The fourth-order valence-electron chi connectivity index (χ4n) is 2.22. The number of carbonyl (C=O) groups excluding carboxylic acids is 2. The first-order valence-corrected chi connectivity index (χ1v) is 8.70. The Hall–Kier alpha value is -2.24. The van der Waals surface area contributed by atoms with Crippen LogP contribution in [-0.2, 0) is 14.3 Å². The summed E-state index contributed by atoms with van der Waals surface area (Å²) in [4.78, 5) is 23.6. The van der Waals surface area contributed by atoms with E-state index in [2.05, 4.69) is 5.32 Å². The minimum absolute atomic E-state index is 0.297. The summed E-state index contributed by atoms with van der Waals surface area (Å²) < 4.78 is 10.2. The molecule has 0 aliphatic heterocycles. The molecule has 0 unspecified atom stereocenters. The van der Waals surface area contributed by atoms with Crippen molar-refractivity contribution in [3.8, 4) is 5.75 Å². The third-order valence-electron chi connectivity index (χ3n) is 3.60. The van der Waals surface area contributed by atoms with Gasteiger partial charge in [0.1, 0.15) is 5.75 Å². The van der Waals surface area contributed by atoms with E-state index in [1.807, 2.05) is 25.1 Å². The fourth-order valence-corrected chi connectivity index (χ4v) is 2.64. The molecule has 2 aromatic rings. The van der Waals surface area contributed by atoms with Crippen LogP contribution in [0.4, 0.5) is 0 Å².